The van der Waals surface area contributed by atoms with Crippen LogP contribution in [0.15, 0.2) is 0 Å². The smallest absolute Gasteiger partial charge is 0.0279 e. The van der Waals surface area contributed by atoms with E-state index in [-0.39, 0.29) is 12.4 Å². The van der Waals surface area contributed by atoms with Gasteiger partial charge in [0.1, 0.15) is 0 Å². The second kappa shape index (κ2) is 4.58. The maximum absolute atomic E-state index is 5.27. The quantitative estimate of drug-likeness (QED) is 0.341. The third kappa shape index (κ3) is 90.6. The molecule has 0 aromatic heterocycles. The normalized spacial score (nSPS) is 7.20. The number of hydrogen-bond donors (Lipinski definition) is 0. The van der Waals surface area contributed by atoms with Crippen molar-refractivity contribution in [2.75, 3.05) is 0 Å². The fourth-order valence-corrected chi connectivity index (χ4v) is 0. The summed E-state index contributed by atoms with van der Waals surface area (Å²) in [6.07, 6.45) is 0. The summed E-state index contributed by atoms with van der Waals surface area (Å²) in [6, 6.07) is 0. The van der Waals surface area contributed by atoms with Crippen molar-refractivity contribution >= 4 is 11.6 Å². The topological polar surface area (TPSA) is 0 Å². The summed E-state index contributed by atoms with van der Waals surface area (Å²) in [5.41, 5.74) is 0. The molecule has 0 nitrogen and oxygen atoms in total. The van der Waals surface area contributed by atoms with Crippen LogP contribution in [0.5, 0.6) is 0 Å². The summed E-state index contributed by atoms with van der Waals surface area (Å²) in [4.78, 5) is 0. The third-order valence-electron chi connectivity index (χ3n) is 0. The van der Waals surface area contributed by atoms with E-state index in [1.807, 2.05) is 13.8 Å². The van der Waals surface area contributed by atoms with E-state index in [0.29, 0.717) is 5.38 Å². The van der Waals surface area contributed by atoms with Gasteiger partial charge in [-0.2, -0.15) is 0 Å². The minimum atomic E-state index is 0. The van der Waals surface area contributed by atoms with Gasteiger partial charge in [-0.3, -0.25) is 0 Å². The van der Waals surface area contributed by atoms with Crippen molar-refractivity contribution in [3.05, 3.63) is 0 Å². The van der Waals surface area contributed by atoms with Crippen LogP contribution >= 0.6 is 11.6 Å². The average Bonchev–Trinajstić information content (AvgIpc) is 0.811. The van der Waals surface area contributed by atoms with Gasteiger partial charge in [0, 0.05) is 5.38 Å². The first-order valence-corrected chi connectivity index (χ1v) is 1.81. The molecule has 0 unspecified atom stereocenters. The number of rotatable bonds is 0. The van der Waals surface area contributed by atoms with E-state index < -0.39 is 0 Å². The van der Waals surface area contributed by atoms with Gasteiger partial charge in [0.25, 0.3) is 0 Å². The molecular formula is C3H7Cl2-. The van der Waals surface area contributed by atoms with E-state index in [1.165, 1.54) is 0 Å². The second-order valence-corrected chi connectivity index (χ2v) is 1.89. The van der Waals surface area contributed by atoms with E-state index in [0.717, 1.165) is 0 Å². The van der Waals surface area contributed by atoms with E-state index in [1.54, 1.807) is 0 Å². The molecule has 0 amide bonds. The Kier molecular flexibility index (Phi) is 8.37. The molecule has 0 aromatic carbocycles. The summed E-state index contributed by atoms with van der Waals surface area (Å²) in [5.74, 6) is 0. The van der Waals surface area contributed by atoms with Crippen molar-refractivity contribution in [3.8, 4) is 0 Å². The lowest BCUT2D eigenvalue weighted by Crippen LogP contribution is -3.00. The Hall–Kier alpha value is 0.580. The SMILES string of the molecule is CC(C)Cl.[Cl-]. The first-order chi connectivity index (χ1) is 1.73. The first kappa shape index (κ1) is 9.13. The Morgan fingerprint density at radius 2 is 1.40 bits per heavy atom. The van der Waals surface area contributed by atoms with Gasteiger partial charge in [0.2, 0.25) is 0 Å². The van der Waals surface area contributed by atoms with Crippen LogP contribution in [0.3, 0.4) is 0 Å². The van der Waals surface area contributed by atoms with Crippen LogP contribution in [0.25, 0.3) is 0 Å². The van der Waals surface area contributed by atoms with Crippen LogP contribution in [0.2, 0.25) is 0 Å². The lowest BCUT2D eigenvalue weighted by Gasteiger charge is -1.76. The lowest BCUT2D eigenvalue weighted by molar-refractivity contribution is -0.000000970. The molecule has 0 rings (SSSR count). The van der Waals surface area contributed by atoms with Crippen molar-refractivity contribution in [1.82, 2.24) is 0 Å². The predicted molar refractivity (Wildman–Crippen MR) is 21.0 cm³/mol. The minimum Gasteiger partial charge on any atom is -1.00 e. The van der Waals surface area contributed by atoms with Crippen LogP contribution in [0, 0.1) is 0 Å². The van der Waals surface area contributed by atoms with Gasteiger partial charge in [0.05, 0.1) is 0 Å². The van der Waals surface area contributed by atoms with Crippen LogP contribution < -0.4 is 12.4 Å². The largest absolute Gasteiger partial charge is 1.00 e. The second-order valence-electron chi connectivity index (χ2n) is 1.01. The van der Waals surface area contributed by atoms with E-state index in [4.69, 9.17) is 11.6 Å². The molecule has 0 aromatic rings. The maximum Gasteiger partial charge on any atom is 0.0279 e. The van der Waals surface area contributed by atoms with Crippen molar-refractivity contribution in [2.24, 2.45) is 0 Å². The molecule has 0 aliphatic rings. The zero-order chi connectivity index (χ0) is 3.58. The zero-order valence-corrected chi connectivity index (χ0v) is 4.85. The number of hydrogen-bond acceptors (Lipinski definition) is 0. The molecule has 2 heteroatoms. The van der Waals surface area contributed by atoms with Crippen LogP contribution in [-0.2, 0) is 0 Å². The highest BCUT2D eigenvalue weighted by molar-refractivity contribution is 6.20. The molecule has 0 aliphatic carbocycles. The van der Waals surface area contributed by atoms with Gasteiger partial charge in [0.15, 0.2) is 0 Å². The number of halogens is 2. The average molecular weight is 114 g/mol. The Labute approximate surface area is 43.9 Å². The molecule has 0 fully saturated rings. The van der Waals surface area contributed by atoms with E-state index in [9.17, 15) is 0 Å². The van der Waals surface area contributed by atoms with Gasteiger partial charge < -0.3 is 12.4 Å². The van der Waals surface area contributed by atoms with Gasteiger partial charge in [-0.15, -0.1) is 11.6 Å². The highest BCUT2D eigenvalue weighted by Gasteiger charge is 1.71. The molecule has 0 saturated carbocycles. The van der Waals surface area contributed by atoms with Crippen molar-refractivity contribution < 1.29 is 12.4 Å². The summed E-state index contributed by atoms with van der Waals surface area (Å²) in [7, 11) is 0. The fourth-order valence-electron chi connectivity index (χ4n) is 0. The summed E-state index contributed by atoms with van der Waals surface area (Å²) < 4.78 is 0. The van der Waals surface area contributed by atoms with Gasteiger partial charge >= 0.3 is 0 Å². The maximum atomic E-state index is 5.27. The lowest BCUT2D eigenvalue weighted by atomic mass is 10.6. The van der Waals surface area contributed by atoms with E-state index in [2.05, 4.69) is 0 Å². The van der Waals surface area contributed by atoms with Crippen molar-refractivity contribution in [3.63, 3.8) is 0 Å². The monoisotopic (exact) mass is 113 g/mol. The molecule has 0 radical (unpaired) electrons. The molecule has 0 heterocycles. The fraction of sp³-hybridized carbons (Fsp3) is 1.00. The number of alkyl halides is 1. The summed E-state index contributed by atoms with van der Waals surface area (Å²) in [6.45, 7) is 3.86. The predicted octanol–water partition coefficient (Wildman–Crippen LogP) is -1.36. The highest BCUT2D eigenvalue weighted by atomic mass is 35.5. The van der Waals surface area contributed by atoms with Gasteiger partial charge in [-0.05, 0) is 13.8 Å². The summed E-state index contributed by atoms with van der Waals surface area (Å²) >= 11 is 5.27. The molecule has 0 bridgehead atoms. The van der Waals surface area contributed by atoms with Gasteiger partial charge in [-0.1, -0.05) is 0 Å². The molecule has 0 aliphatic heterocycles. The molecule has 0 N–H and O–H groups in total. The Balaban J connectivity index is 0. The minimum absolute atomic E-state index is 0. The Morgan fingerprint density at radius 1 is 1.40 bits per heavy atom. The van der Waals surface area contributed by atoms with Crippen molar-refractivity contribution in [2.45, 2.75) is 19.2 Å². The zero-order valence-electron chi connectivity index (χ0n) is 3.33. The third-order valence-corrected chi connectivity index (χ3v) is 0. The Morgan fingerprint density at radius 3 is 1.40 bits per heavy atom. The molecule has 0 saturated heterocycles. The van der Waals surface area contributed by atoms with E-state index >= 15 is 0 Å². The van der Waals surface area contributed by atoms with Crippen molar-refractivity contribution in [1.29, 1.82) is 0 Å². The van der Waals surface area contributed by atoms with Crippen LogP contribution in [0.4, 0.5) is 0 Å². The molecular weight excluding hydrogens is 107 g/mol. The molecule has 5 heavy (non-hydrogen) atoms. The van der Waals surface area contributed by atoms with Gasteiger partial charge in [-0.25, -0.2) is 0 Å². The van der Waals surface area contributed by atoms with Crippen LogP contribution in [-0.4, -0.2) is 5.38 Å². The standard InChI is InChI=1S/C3H7Cl.ClH/c1-3(2)4;/h3H,1-2H3;1H/p-1. The summed E-state index contributed by atoms with van der Waals surface area (Å²) in [5, 5.41) is 0.306. The Bertz CT molecular complexity index is 9.61. The first-order valence-electron chi connectivity index (χ1n) is 1.37. The molecule has 34 valence electrons. The van der Waals surface area contributed by atoms with Crippen LogP contribution in [0.1, 0.15) is 13.8 Å². The molecule has 0 atom stereocenters. The highest BCUT2D eigenvalue weighted by Crippen LogP contribution is 1.84. The molecule has 0 spiro atoms.